The van der Waals surface area contributed by atoms with E-state index in [9.17, 15) is 27.6 Å². The lowest BCUT2D eigenvalue weighted by Crippen LogP contribution is -2.68. The van der Waals surface area contributed by atoms with Gasteiger partial charge in [0, 0.05) is 25.6 Å². The number of benzene rings is 2. The molecule has 0 bridgehead atoms. The average Bonchev–Trinajstić information content (AvgIpc) is 3.05. The van der Waals surface area contributed by atoms with Crippen molar-refractivity contribution in [3.8, 4) is 5.75 Å². The Kier molecular flexibility index (Phi) is 4.44. The lowest BCUT2D eigenvalue weighted by atomic mass is 9.96. The number of hydrogen-bond acceptors (Lipinski definition) is 4. The number of hydrogen-bond donors (Lipinski definition) is 1. The fraction of sp³-hybridized carbons (Fsp3) is 0.250. The molecule has 7 nitrogen and oxygen atoms in total. The van der Waals surface area contributed by atoms with Gasteiger partial charge in [0.05, 0.1) is 11.3 Å². The Morgan fingerprint density at radius 3 is 2.43 bits per heavy atom. The van der Waals surface area contributed by atoms with Gasteiger partial charge >= 0.3 is 6.36 Å². The zero-order valence-corrected chi connectivity index (χ0v) is 15.7. The number of nitrogens with zero attached hydrogens (tertiary/aromatic N) is 2. The summed E-state index contributed by atoms with van der Waals surface area (Å²) in [7, 11) is 1.45. The predicted octanol–water partition coefficient (Wildman–Crippen LogP) is 3.13. The molecule has 2 heterocycles. The van der Waals surface area contributed by atoms with Gasteiger partial charge in [0.2, 0.25) is 11.6 Å². The number of anilines is 2. The summed E-state index contributed by atoms with van der Waals surface area (Å²) >= 11 is 0. The van der Waals surface area contributed by atoms with Crippen LogP contribution in [0.15, 0.2) is 48.5 Å². The Morgan fingerprint density at radius 1 is 1.10 bits per heavy atom. The van der Waals surface area contributed by atoms with Crippen molar-refractivity contribution in [1.29, 1.82) is 0 Å². The highest BCUT2D eigenvalue weighted by molar-refractivity contribution is 6.18. The average molecular weight is 419 g/mol. The number of para-hydroxylation sites is 1. The molecule has 2 aromatic carbocycles. The van der Waals surface area contributed by atoms with Crippen LogP contribution in [0.2, 0.25) is 0 Å². The molecule has 30 heavy (non-hydrogen) atoms. The van der Waals surface area contributed by atoms with Crippen LogP contribution in [0.4, 0.5) is 24.5 Å². The maximum absolute atomic E-state index is 13.3. The van der Waals surface area contributed by atoms with Crippen LogP contribution < -0.4 is 15.0 Å². The fourth-order valence-electron chi connectivity index (χ4n) is 3.90. The van der Waals surface area contributed by atoms with Gasteiger partial charge in [-0.2, -0.15) is 0 Å². The van der Waals surface area contributed by atoms with Crippen molar-refractivity contribution >= 4 is 29.1 Å². The van der Waals surface area contributed by atoms with Crippen molar-refractivity contribution in [1.82, 2.24) is 4.90 Å². The first kappa shape index (κ1) is 19.7. The number of halogens is 3. The van der Waals surface area contributed by atoms with Gasteiger partial charge in [-0.15, -0.1) is 13.2 Å². The highest BCUT2D eigenvalue weighted by Crippen LogP contribution is 2.44. The van der Waals surface area contributed by atoms with Crippen LogP contribution in [0.1, 0.15) is 23.2 Å². The number of carbonyl (C=O) groups excluding carboxylic acids is 3. The van der Waals surface area contributed by atoms with E-state index in [-0.39, 0.29) is 24.4 Å². The van der Waals surface area contributed by atoms with E-state index in [1.807, 2.05) is 0 Å². The van der Waals surface area contributed by atoms with Gasteiger partial charge in [0.25, 0.3) is 11.8 Å². The van der Waals surface area contributed by atoms with Crippen molar-refractivity contribution in [3.05, 3.63) is 54.1 Å². The second-order valence-electron chi connectivity index (χ2n) is 6.95. The molecule has 0 saturated carbocycles. The smallest absolute Gasteiger partial charge is 0.406 e. The second-order valence-corrected chi connectivity index (χ2v) is 6.95. The summed E-state index contributed by atoms with van der Waals surface area (Å²) < 4.78 is 40.7. The van der Waals surface area contributed by atoms with E-state index >= 15 is 0 Å². The molecule has 3 amide bonds. The number of fused-ring (bicyclic) bond motifs is 3. The Labute approximate surface area is 169 Å². The Balaban J connectivity index is 1.66. The van der Waals surface area contributed by atoms with E-state index in [1.165, 1.54) is 29.0 Å². The molecular formula is C20H16F3N3O4. The molecule has 1 fully saturated rings. The zero-order valence-electron chi connectivity index (χ0n) is 15.7. The minimum absolute atomic E-state index is 0.0672. The number of rotatable bonds is 3. The molecule has 10 heteroatoms. The Morgan fingerprint density at radius 2 is 1.77 bits per heavy atom. The summed E-state index contributed by atoms with van der Waals surface area (Å²) in [5.41, 5.74) is -0.702. The monoisotopic (exact) mass is 419 g/mol. The van der Waals surface area contributed by atoms with Crippen LogP contribution >= 0.6 is 0 Å². The SMILES string of the molecule is CN1C(=O)c2ccccc2N2C(=O)CC[C@@]12C(=O)Nc1ccc(OC(F)(F)F)cc1. The molecular weight excluding hydrogens is 403 g/mol. The summed E-state index contributed by atoms with van der Waals surface area (Å²) in [6, 6.07) is 11.1. The third kappa shape index (κ3) is 3.04. The molecule has 0 aromatic heterocycles. The van der Waals surface area contributed by atoms with Crippen LogP contribution in [0.25, 0.3) is 0 Å². The van der Waals surface area contributed by atoms with E-state index in [0.717, 1.165) is 12.1 Å². The molecule has 0 radical (unpaired) electrons. The third-order valence-corrected chi connectivity index (χ3v) is 5.25. The minimum Gasteiger partial charge on any atom is -0.406 e. The normalized spacial score (nSPS) is 20.7. The quantitative estimate of drug-likeness (QED) is 0.829. The summed E-state index contributed by atoms with van der Waals surface area (Å²) in [5.74, 6) is -1.77. The maximum Gasteiger partial charge on any atom is 0.573 e. The molecule has 0 unspecified atom stereocenters. The van der Waals surface area contributed by atoms with E-state index in [2.05, 4.69) is 10.1 Å². The summed E-state index contributed by atoms with van der Waals surface area (Å²) in [4.78, 5) is 41.4. The molecule has 2 aliphatic heterocycles. The van der Waals surface area contributed by atoms with Crippen LogP contribution in [-0.2, 0) is 9.59 Å². The van der Waals surface area contributed by atoms with Gasteiger partial charge in [0.15, 0.2) is 0 Å². The molecule has 2 aliphatic rings. The summed E-state index contributed by atoms with van der Waals surface area (Å²) in [6.45, 7) is 0. The number of alkyl halides is 3. The molecule has 1 atom stereocenters. The van der Waals surface area contributed by atoms with Gasteiger partial charge in [-0.3, -0.25) is 19.3 Å². The summed E-state index contributed by atoms with van der Waals surface area (Å²) in [5, 5.41) is 2.60. The van der Waals surface area contributed by atoms with E-state index in [4.69, 9.17) is 0 Å². The van der Waals surface area contributed by atoms with E-state index in [1.54, 1.807) is 24.3 Å². The first-order valence-corrected chi connectivity index (χ1v) is 9.01. The van der Waals surface area contributed by atoms with Crippen LogP contribution in [-0.4, -0.2) is 41.7 Å². The Bertz CT molecular complexity index is 1040. The first-order valence-electron chi connectivity index (χ1n) is 9.01. The van der Waals surface area contributed by atoms with Crippen molar-refractivity contribution < 1.29 is 32.3 Å². The predicted molar refractivity (Wildman–Crippen MR) is 99.7 cm³/mol. The Hall–Kier alpha value is -3.56. The van der Waals surface area contributed by atoms with Gasteiger partial charge in [-0.05, 0) is 36.4 Å². The van der Waals surface area contributed by atoms with Crippen molar-refractivity contribution in [2.75, 3.05) is 17.3 Å². The van der Waals surface area contributed by atoms with Gasteiger partial charge in [-0.25, -0.2) is 0 Å². The number of nitrogens with one attached hydrogen (secondary N) is 1. The van der Waals surface area contributed by atoms with E-state index < -0.39 is 29.6 Å². The largest absolute Gasteiger partial charge is 0.573 e. The molecule has 0 spiro atoms. The van der Waals surface area contributed by atoms with Crippen molar-refractivity contribution in [3.63, 3.8) is 0 Å². The highest BCUT2D eigenvalue weighted by Gasteiger charge is 2.59. The fourth-order valence-corrected chi connectivity index (χ4v) is 3.90. The first-order chi connectivity index (χ1) is 14.1. The van der Waals surface area contributed by atoms with Crippen LogP contribution in [0, 0.1) is 0 Å². The van der Waals surface area contributed by atoms with Crippen LogP contribution in [0.5, 0.6) is 5.75 Å². The van der Waals surface area contributed by atoms with Crippen molar-refractivity contribution in [2.24, 2.45) is 0 Å². The molecule has 4 rings (SSSR count). The van der Waals surface area contributed by atoms with Crippen molar-refractivity contribution in [2.45, 2.75) is 24.9 Å². The number of amides is 3. The third-order valence-electron chi connectivity index (χ3n) is 5.25. The lowest BCUT2D eigenvalue weighted by molar-refractivity contribution is -0.274. The minimum atomic E-state index is -4.83. The molecule has 2 aromatic rings. The highest BCUT2D eigenvalue weighted by atomic mass is 19.4. The second kappa shape index (κ2) is 6.75. The number of likely N-dealkylation sites (N-methyl/N-ethyl adjacent to an activating group) is 1. The number of ether oxygens (including phenoxy) is 1. The van der Waals surface area contributed by atoms with Gasteiger partial charge < -0.3 is 15.0 Å². The molecule has 1 N–H and O–H groups in total. The van der Waals surface area contributed by atoms with Gasteiger partial charge in [-0.1, -0.05) is 12.1 Å². The molecule has 156 valence electrons. The van der Waals surface area contributed by atoms with Crippen LogP contribution in [0.3, 0.4) is 0 Å². The lowest BCUT2D eigenvalue weighted by Gasteiger charge is -2.47. The zero-order chi connectivity index (χ0) is 21.7. The topological polar surface area (TPSA) is 79.0 Å². The molecule has 0 aliphatic carbocycles. The van der Waals surface area contributed by atoms with Gasteiger partial charge in [0.1, 0.15) is 5.75 Å². The molecule has 1 saturated heterocycles. The van der Waals surface area contributed by atoms with E-state index in [0.29, 0.717) is 11.3 Å². The number of carbonyl (C=O) groups is 3. The summed E-state index contributed by atoms with van der Waals surface area (Å²) in [6.07, 6.45) is -4.67. The standard InChI is InChI=1S/C20H16F3N3O4/c1-25-17(28)14-4-2-3-5-15(14)26-16(27)10-11-19(25,26)18(29)24-12-6-8-13(9-7-12)30-20(21,22)23/h2-9H,10-11H2,1H3,(H,24,29)/t19-/m1/s1. The maximum atomic E-state index is 13.3.